The van der Waals surface area contributed by atoms with Crippen LogP contribution < -0.4 is 9.80 Å². The average Bonchev–Trinajstić information content (AvgIpc) is 3.96. The molecule has 0 radical (unpaired) electrons. The minimum absolute atomic E-state index is 0.838. The molecule has 4 nitrogen and oxygen atoms in total. The van der Waals surface area contributed by atoms with E-state index in [2.05, 4.69) is 252 Å². The number of hydrogen-bond acceptors (Lipinski definition) is 4. The Bertz CT molecular complexity index is 4160. The van der Waals surface area contributed by atoms with Crippen molar-refractivity contribution in [2.24, 2.45) is 0 Å². The highest BCUT2D eigenvalue weighted by Gasteiger charge is 2.22. The van der Waals surface area contributed by atoms with Gasteiger partial charge in [0.15, 0.2) is 0 Å². The van der Waals surface area contributed by atoms with E-state index in [1.165, 1.54) is 43.1 Å². The largest absolute Gasteiger partial charge is 0.456 e. The minimum Gasteiger partial charge on any atom is -0.456 e. The second-order valence-corrected chi connectivity index (χ2v) is 18.4. The van der Waals surface area contributed by atoms with E-state index in [1.807, 2.05) is 0 Å². The Hall–Kier alpha value is -9.38. The number of rotatable bonds is 6. The molecule has 0 aliphatic rings. The molecule has 0 bridgehead atoms. The van der Waals surface area contributed by atoms with E-state index in [9.17, 15) is 0 Å². The van der Waals surface area contributed by atoms with Crippen molar-refractivity contribution in [2.75, 3.05) is 9.80 Å². The van der Waals surface area contributed by atoms with Gasteiger partial charge in [-0.15, -0.1) is 0 Å². The number of nitrogens with zero attached hydrogens (tertiary/aromatic N) is 2. The maximum absolute atomic E-state index is 6.79. The molecule has 0 aliphatic heterocycles. The summed E-state index contributed by atoms with van der Waals surface area (Å²) in [6.45, 7) is 0. The van der Waals surface area contributed by atoms with Crippen LogP contribution in [0.25, 0.3) is 109 Å². The highest BCUT2D eigenvalue weighted by Crippen LogP contribution is 2.47. The molecule has 0 amide bonds. The van der Waals surface area contributed by atoms with Gasteiger partial charge in [-0.1, -0.05) is 158 Å². The average molecular weight is 893 g/mol. The number of furan rings is 2. The maximum atomic E-state index is 6.79. The topological polar surface area (TPSA) is 32.8 Å². The second kappa shape index (κ2) is 15.1. The summed E-state index contributed by atoms with van der Waals surface area (Å²) in [5, 5.41) is 18.3. The molecule has 326 valence electrons. The molecule has 0 aliphatic carbocycles. The van der Waals surface area contributed by atoms with E-state index in [4.69, 9.17) is 8.83 Å². The van der Waals surface area contributed by atoms with Gasteiger partial charge in [-0.3, -0.25) is 0 Å². The van der Waals surface area contributed by atoms with Crippen LogP contribution in [-0.2, 0) is 0 Å². The van der Waals surface area contributed by atoms with Gasteiger partial charge in [-0.25, -0.2) is 0 Å². The van der Waals surface area contributed by atoms with Crippen LogP contribution in [0.2, 0.25) is 0 Å². The van der Waals surface area contributed by atoms with Crippen molar-refractivity contribution in [2.45, 2.75) is 0 Å². The zero-order valence-electron chi connectivity index (χ0n) is 37.8. The highest BCUT2D eigenvalue weighted by atomic mass is 16.3. The van der Waals surface area contributed by atoms with Crippen molar-refractivity contribution in [3.8, 4) is 0 Å². The molecule has 0 saturated heterocycles. The summed E-state index contributed by atoms with van der Waals surface area (Å²) >= 11 is 0. The summed E-state index contributed by atoms with van der Waals surface area (Å²) in [6.07, 6.45) is 0. The molecule has 2 heterocycles. The van der Waals surface area contributed by atoms with Crippen molar-refractivity contribution in [1.82, 2.24) is 0 Å². The first-order chi connectivity index (χ1) is 34.7. The summed E-state index contributed by atoms with van der Waals surface area (Å²) in [6, 6.07) is 87.6. The lowest BCUT2D eigenvalue weighted by Gasteiger charge is -2.28. The van der Waals surface area contributed by atoms with Crippen molar-refractivity contribution >= 4 is 143 Å². The van der Waals surface area contributed by atoms with Gasteiger partial charge in [-0.05, 0) is 128 Å². The minimum atomic E-state index is 0.838. The molecule has 4 heteroatoms. The Balaban J connectivity index is 0.886. The second-order valence-electron chi connectivity index (χ2n) is 18.4. The Morgan fingerprint density at radius 2 is 0.543 bits per heavy atom. The van der Waals surface area contributed by atoms with Gasteiger partial charge in [0.2, 0.25) is 0 Å². The van der Waals surface area contributed by atoms with E-state index in [-0.39, 0.29) is 0 Å². The summed E-state index contributed by atoms with van der Waals surface area (Å²) in [7, 11) is 0. The molecule has 0 fully saturated rings. The van der Waals surface area contributed by atoms with Gasteiger partial charge in [0.05, 0.1) is 22.7 Å². The number of anilines is 6. The third-order valence-electron chi connectivity index (χ3n) is 14.5. The lowest BCUT2D eigenvalue weighted by molar-refractivity contribution is 0.663. The standard InChI is InChI=1S/C66H40N2O2/c1-5-21-51-41(13-1)17-9-25-57(51)67(58-26-10-18-42-14-2-6-22-52(42)58)49-31-29-45-37-55-63(39-47(45)35-49)69-61-33-34-62-66(65(55)61)56-38-46-30-32-50(36-48(46)40-64(56)70-62)68(59-27-11-19-43-15-3-7-23-53(43)59)60-28-12-20-44-16-4-8-24-54(44)60/h1-40H. The Kier molecular flexibility index (Phi) is 8.33. The molecular weight excluding hydrogens is 853 g/mol. The lowest BCUT2D eigenvalue weighted by atomic mass is 9.99. The van der Waals surface area contributed by atoms with Gasteiger partial charge < -0.3 is 18.6 Å². The number of fused-ring (bicyclic) bond motifs is 13. The zero-order chi connectivity index (χ0) is 45.9. The van der Waals surface area contributed by atoms with Gasteiger partial charge in [0.25, 0.3) is 0 Å². The Morgan fingerprint density at radius 1 is 0.214 bits per heavy atom. The summed E-state index contributed by atoms with van der Waals surface area (Å²) < 4.78 is 13.6. The van der Waals surface area contributed by atoms with Crippen LogP contribution in [-0.4, -0.2) is 0 Å². The lowest BCUT2D eigenvalue weighted by Crippen LogP contribution is -2.11. The molecular formula is C66H40N2O2. The van der Waals surface area contributed by atoms with Crippen molar-refractivity contribution < 1.29 is 8.83 Å². The van der Waals surface area contributed by atoms with Crippen LogP contribution >= 0.6 is 0 Å². The fraction of sp³-hybridized carbons (Fsp3) is 0. The molecule has 0 atom stereocenters. The van der Waals surface area contributed by atoms with Crippen LogP contribution in [0.1, 0.15) is 0 Å². The highest BCUT2D eigenvalue weighted by molar-refractivity contribution is 6.28. The van der Waals surface area contributed by atoms with Crippen LogP contribution in [0.4, 0.5) is 34.1 Å². The molecule has 15 aromatic rings. The van der Waals surface area contributed by atoms with Crippen molar-refractivity contribution in [1.29, 1.82) is 0 Å². The smallest absolute Gasteiger partial charge is 0.136 e. The van der Waals surface area contributed by atoms with Crippen LogP contribution in [0, 0.1) is 0 Å². The van der Waals surface area contributed by atoms with Crippen LogP contribution in [0.15, 0.2) is 251 Å². The van der Waals surface area contributed by atoms with Gasteiger partial charge in [0, 0.05) is 54.5 Å². The quantitative estimate of drug-likeness (QED) is 0.166. The molecule has 70 heavy (non-hydrogen) atoms. The molecule has 0 spiro atoms. The molecule has 0 N–H and O–H groups in total. The van der Waals surface area contributed by atoms with Gasteiger partial charge in [-0.2, -0.15) is 0 Å². The monoisotopic (exact) mass is 892 g/mol. The normalized spacial score (nSPS) is 12.0. The molecule has 0 unspecified atom stereocenters. The van der Waals surface area contributed by atoms with E-state index in [0.29, 0.717) is 0 Å². The molecule has 0 saturated carbocycles. The van der Waals surface area contributed by atoms with E-state index < -0.39 is 0 Å². The summed E-state index contributed by atoms with van der Waals surface area (Å²) in [4.78, 5) is 4.82. The summed E-state index contributed by atoms with van der Waals surface area (Å²) in [5.41, 5.74) is 10.0. The maximum Gasteiger partial charge on any atom is 0.136 e. The SMILES string of the molecule is c1ccc2c(N(c3ccc4cc5c(cc4c3)oc3ccc4oc6cc7cc(N(c8cccc9ccccc89)c8cccc9ccccc89)ccc7cc6c4c35)c3cccc4ccccc34)cccc2c1. The fourth-order valence-corrected chi connectivity index (χ4v) is 11.3. The Labute approximate surface area is 402 Å². The number of benzene rings is 13. The van der Waals surface area contributed by atoms with Crippen molar-refractivity contribution in [3.05, 3.63) is 243 Å². The zero-order valence-corrected chi connectivity index (χ0v) is 37.8. The first-order valence-corrected chi connectivity index (χ1v) is 23.9. The Morgan fingerprint density at radius 3 is 0.900 bits per heavy atom. The molecule has 13 aromatic carbocycles. The van der Waals surface area contributed by atoms with Crippen molar-refractivity contribution in [3.63, 3.8) is 0 Å². The third-order valence-corrected chi connectivity index (χ3v) is 14.5. The number of hydrogen-bond donors (Lipinski definition) is 0. The van der Waals surface area contributed by atoms with Crippen LogP contribution in [0.3, 0.4) is 0 Å². The van der Waals surface area contributed by atoms with Gasteiger partial charge in [0.1, 0.15) is 22.3 Å². The van der Waals surface area contributed by atoms with E-state index in [1.54, 1.807) is 0 Å². The van der Waals surface area contributed by atoms with Crippen LogP contribution in [0.5, 0.6) is 0 Å². The summed E-state index contributed by atoms with van der Waals surface area (Å²) in [5.74, 6) is 0. The van der Waals surface area contributed by atoms with Gasteiger partial charge >= 0.3 is 0 Å². The van der Waals surface area contributed by atoms with E-state index in [0.717, 1.165) is 99.5 Å². The van der Waals surface area contributed by atoms with E-state index >= 15 is 0 Å². The third kappa shape index (κ3) is 5.90. The predicted molar refractivity (Wildman–Crippen MR) is 295 cm³/mol. The fourth-order valence-electron chi connectivity index (χ4n) is 11.3. The molecule has 2 aromatic heterocycles. The molecule has 15 rings (SSSR count). The first kappa shape index (κ1) is 38.7. The first-order valence-electron chi connectivity index (χ1n) is 23.9. The predicted octanol–water partition coefficient (Wildman–Crippen LogP) is 19.3.